The van der Waals surface area contributed by atoms with Gasteiger partial charge in [0.15, 0.2) is 0 Å². The van der Waals surface area contributed by atoms with Crippen molar-refractivity contribution < 1.29 is 38.0 Å². The minimum absolute atomic E-state index is 0.0122. The van der Waals surface area contributed by atoms with Crippen LogP contribution in [0, 0.1) is 17.3 Å². The molecule has 2 saturated heterocycles. The Bertz CT molecular complexity index is 3270. The maximum Gasteiger partial charge on any atom is 0.314 e. The molecule has 6 heterocycles. The van der Waals surface area contributed by atoms with E-state index in [2.05, 4.69) is 88.9 Å². The summed E-state index contributed by atoms with van der Waals surface area (Å²) in [7, 11) is 0. The second-order valence-corrected chi connectivity index (χ2v) is 23.1. The lowest BCUT2D eigenvalue weighted by atomic mass is 9.71. The van der Waals surface area contributed by atoms with Gasteiger partial charge >= 0.3 is 11.9 Å². The van der Waals surface area contributed by atoms with Crippen molar-refractivity contribution in [3.63, 3.8) is 0 Å². The zero-order valence-electron chi connectivity index (χ0n) is 45.4. The van der Waals surface area contributed by atoms with Gasteiger partial charge in [-0.25, -0.2) is 9.97 Å². The number of carbonyl (C=O) groups excluding carboxylic acids is 2. The molecule has 2 aliphatic heterocycles. The van der Waals surface area contributed by atoms with E-state index in [1.807, 2.05) is 62.4 Å². The summed E-state index contributed by atoms with van der Waals surface area (Å²) < 4.78 is 37.8. The van der Waals surface area contributed by atoms with Gasteiger partial charge in [0.2, 0.25) is 25.3 Å². The third-order valence-electron chi connectivity index (χ3n) is 15.4. The molecule has 0 radical (unpaired) electrons. The number of thiophene rings is 2. The largest absolute Gasteiger partial charge is 0.494 e. The van der Waals surface area contributed by atoms with Gasteiger partial charge in [0.25, 0.3) is 0 Å². The number of anilines is 2. The zero-order chi connectivity index (χ0) is 53.8. The molecule has 0 N–H and O–H groups in total. The van der Waals surface area contributed by atoms with Gasteiger partial charge in [0, 0.05) is 125 Å². The number of esters is 2. The molecule has 0 saturated carbocycles. The lowest BCUT2D eigenvalue weighted by Gasteiger charge is -2.36. The SMILES string of the molecule is CC(C)C(CC(=O)OCOc1ccc2ccc(OCCCCN3CCN(c4cccc5sccc45)CC3)cc2n1)C(C)(C)C(=O)OCOc1ccc2ccc(OCCCCN3CCN(c4cccc5sccc45)CC3)cc2n1. The molecular weight excluding hydrogens is 1020 g/mol. The topological polar surface area (TPSA) is 128 Å². The predicted octanol–water partition coefficient (Wildman–Crippen LogP) is 12.3. The molecule has 0 bridgehead atoms. The first kappa shape index (κ1) is 54.6. The van der Waals surface area contributed by atoms with Gasteiger partial charge in [-0.2, -0.15) is 0 Å². The van der Waals surface area contributed by atoms with Crippen LogP contribution in [0.5, 0.6) is 23.3 Å². The minimum atomic E-state index is -1.04. The molecule has 1 unspecified atom stereocenters. The molecule has 0 amide bonds. The van der Waals surface area contributed by atoms with Gasteiger partial charge in [0.1, 0.15) is 11.5 Å². The third-order valence-corrected chi connectivity index (χ3v) is 17.2. The number of carbonyl (C=O) groups is 2. The maximum atomic E-state index is 13.6. The van der Waals surface area contributed by atoms with Crippen LogP contribution in [0.2, 0.25) is 0 Å². The quantitative estimate of drug-likeness (QED) is 0.0306. The van der Waals surface area contributed by atoms with Gasteiger partial charge in [0.05, 0.1) is 29.7 Å². The van der Waals surface area contributed by atoms with Crippen LogP contribution in [-0.2, 0) is 19.1 Å². The Morgan fingerprint density at radius 1 is 0.564 bits per heavy atom. The Balaban J connectivity index is 0.606. The smallest absolute Gasteiger partial charge is 0.314 e. The summed E-state index contributed by atoms with van der Waals surface area (Å²) in [5, 5.41) is 8.95. The molecule has 10 rings (SSSR count). The lowest BCUT2D eigenvalue weighted by Crippen LogP contribution is -2.46. The predicted molar refractivity (Wildman–Crippen MR) is 314 cm³/mol. The summed E-state index contributed by atoms with van der Waals surface area (Å²) in [6.07, 6.45) is 4.03. The minimum Gasteiger partial charge on any atom is -0.494 e. The van der Waals surface area contributed by atoms with E-state index >= 15 is 0 Å². The van der Waals surface area contributed by atoms with Gasteiger partial charge in [-0.05, 0) is 148 Å². The molecular formula is C62H72N6O8S2. The third kappa shape index (κ3) is 13.7. The van der Waals surface area contributed by atoms with Crippen molar-refractivity contribution in [3.05, 3.63) is 120 Å². The number of rotatable bonds is 25. The Labute approximate surface area is 465 Å². The van der Waals surface area contributed by atoms with E-state index in [1.54, 1.807) is 48.7 Å². The van der Waals surface area contributed by atoms with Crippen LogP contribution in [0.4, 0.5) is 11.4 Å². The first-order valence-corrected chi connectivity index (χ1v) is 29.3. The summed E-state index contributed by atoms with van der Waals surface area (Å²) in [5.74, 6) is 0.709. The molecule has 0 aliphatic carbocycles. The van der Waals surface area contributed by atoms with Crippen LogP contribution < -0.4 is 28.7 Å². The number of unbranched alkanes of at least 4 members (excludes halogenated alkanes) is 2. The average molecular weight is 1090 g/mol. The first-order chi connectivity index (χ1) is 38.0. The van der Waals surface area contributed by atoms with Crippen LogP contribution >= 0.6 is 22.7 Å². The number of hydrogen-bond donors (Lipinski definition) is 0. The average Bonchev–Trinajstić information content (AvgIpc) is 4.18. The number of ether oxygens (including phenoxy) is 6. The van der Waals surface area contributed by atoms with Crippen LogP contribution in [-0.4, -0.2) is 124 Å². The molecule has 2 aliphatic rings. The number of hydrogen-bond acceptors (Lipinski definition) is 16. The van der Waals surface area contributed by atoms with E-state index in [0.717, 1.165) is 113 Å². The summed E-state index contributed by atoms with van der Waals surface area (Å²) in [6.45, 7) is 18.6. The molecule has 2 fully saturated rings. The van der Waals surface area contributed by atoms with Gasteiger partial charge in [-0.1, -0.05) is 26.0 Å². The summed E-state index contributed by atoms with van der Waals surface area (Å²) in [6, 6.07) is 36.7. The van der Waals surface area contributed by atoms with E-state index in [0.29, 0.717) is 36.0 Å². The van der Waals surface area contributed by atoms with E-state index in [9.17, 15) is 9.59 Å². The van der Waals surface area contributed by atoms with E-state index in [1.165, 1.54) is 31.5 Å². The van der Waals surface area contributed by atoms with Crippen molar-refractivity contribution in [2.75, 3.05) is 102 Å². The highest BCUT2D eigenvalue weighted by molar-refractivity contribution is 7.17. The number of piperazine rings is 2. The highest BCUT2D eigenvalue weighted by Gasteiger charge is 2.41. The van der Waals surface area contributed by atoms with Gasteiger partial charge in [-0.15, -0.1) is 22.7 Å². The molecule has 0 spiro atoms. The van der Waals surface area contributed by atoms with Crippen molar-refractivity contribution in [2.24, 2.45) is 17.3 Å². The molecule has 8 aromatic rings. The fourth-order valence-corrected chi connectivity index (χ4v) is 12.5. The Morgan fingerprint density at radius 2 is 1.04 bits per heavy atom. The molecule has 78 heavy (non-hydrogen) atoms. The fraction of sp³-hybridized carbons (Fsp3) is 0.419. The van der Waals surface area contributed by atoms with Crippen molar-refractivity contribution in [3.8, 4) is 23.3 Å². The van der Waals surface area contributed by atoms with Gasteiger partial charge < -0.3 is 38.2 Å². The Hall–Kier alpha value is -6.72. The number of aromatic nitrogens is 2. The monoisotopic (exact) mass is 1090 g/mol. The summed E-state index contributed by atoms with van der Waals surface area (Å²) in [5.41, 5.74) is 3.10. The number of fused-ring (bicyclic) bond motifs is 4. The van der Waals surface area contributed by atoms with Crippen molar-refractivity contribution in [1.82, 2.24) is 19.8 Å². The van der Waals surface area contributed by atoms with Crippen molar-refractivity contribution >= 4 is 88.0 Å². The highest BCUT2D eigenvalue weighted by Crippen LogP contribution is 2.38. The lowest BCUT2D eigenvalue weighted by molar-refractivity contribution is -0.167. The van der Waals surface area contributed by atoms with E-state index in [4.69, 9.17) is 28.4 Å². The highest BCUT2D eigenvalue weighted by atomic mass is 32.1. The first-order valence-electron chi connectivity index (χ1n) is 27.6. The number of nitrogens with zero attached hydrogens (tertiary/aromatic N) is 6. The van der Waals surface area contributed by atoms with Crippen LogP contribution in [0.15, 0.2) is 120 Å². The standard InChI is InChI=1S/C62H72N6O8S2/c1-44(2)51(41-60(69)75-42-73-58-21-17-45-15-19-47(39-52(45)63-58)71-35-7-5-25-65-27-31-67(32-28-65)54-11-9-13-56-49(54)23-37-77-56)62(3,4)61(70)76-43-74-59-22-18-46-16-20-48(40-53(46)64-59)72-36-8-6-26-66-29-33-68(34-30-66)55-12-10-14-57-50(55)24-38-78-57/h9-24,37-40,44,51H,5-8,25-36,41-43H2,1-4H3. The molecule has 1 atom stereocenters. The molecule has 4 aromatic heterocycles. The van der Waals surface area contributed by atoms with Crippen molar-refractivity contribution in [2.45, 2.75) is 59.8 Å². The number of pyridine rings is 2. The second kappa shape index (κ2) is 25.8. The second-order valence-electron chi connectivity index (χ2n) is 21.2. The molecule has 4 aromatic carbocycles. The fourth-order valence-electron chi connectivity index (χ4n) is 10.9. The number of benzene rings is 4. The van der Waals surface area contributed by atoms with Crippen LogP contribution in [0.3, 0.4) is 0 Å². The van der Waals surface area contributed by atoms with Gasteiger partial charge in [-0.3, -0.25) is 19.4 Å². The Kier molecular flexibility index (Phi) is 18.1. The Morgan fingerprint density at radius 3 is 1.53 bits per heavy atom. The summed E-state index contributed by atoms with van der Waals surface area (Å²) in [4.78, 5) is 46.3. The van der Waals surface area contributed by atoms with Crippen LogP contribution in [0.1, 0.15) is 59.8 Å². The summed E-state index contributed by atoms with van der Waals surface area (Å²) >= 11 is 3.60. The molecule has 16 heteroatoms. The molecule has 14 nitrogen and oxygen atoms in total. The molecule has 410 valence electrons. The van der Waals surface area contributed by atoms with Crippen LogP contribution in [0.25, 0.3) is 42.0 Å². The van der Waals surface area contributed by atoms with E-state index < -0.39 is 23.3 Å². The zero-order valence-corrected chi connectivity index (χ0v) is 47.0. The van der Waals surface area contributed by atoms with Crippen molar-refractivity contribution in [1.29, 1.82) is 0 Å². The maximum absolute atomic E-state index is 13.6. The van der Waals surface area contributed by atoms with E-state index in [-0.39, 0.29) is 25.9 Å². The normalized spacial score (nSPS) is 15.1.